The SMILES string of the molecule is O=C(NCc1ccnc(OCC(F)(F)F)c1)NCC(O)C12CCC1CC2. The number of carbonyl (C=O) groups excluding carboxylic acids is 1. The van der Waals surface area contributed by atoms with E-state index in [1.165, 1.54) is 12.3 Å². The Morgan fingerprint density at radius 1 is 1.38 bits per heavy atom. The van der Waals surface area contributed by atoms with Gasteiger partial charge in [-0.1, -0.05) is 0 Å². The second-order valence-corrected chi connectivity index (χ2v) is 6.99. The molecule has 2 saturated carbocycles. The third-order valence-electron chi connectivity index (χ3n) is 5.49. The molecule has 1 aromatic rings. The minimum atomic E-state index is -4.43. The standard InChI is InChI=1S/C17H22F3N3O3/c18-17(19,20)10-26-14-7-11(3-6-21-14)8-22-15(25)23-9-13(24)16-4-1-12(16)2-5-16/h3,6-7,12-13,24H,1-2,4-5,8-10H2,(H2,22,23,25). The molecule has 2 amide bonds. The number of aromatic nitrogens is 1. The zero-order valence-corrected chi connectivity index (χ0v) is 14.2. The number of alkyl halides is 3. The fraction of sp³-hybridized carbons (Fsp3) is 0.647. The number of urea groups is 1. The maximum absolute atomic E-state index is 12.1. The Bertz CT molecular complexity index is 646. The number of aliphatic hydroxyl groups is 1. The molecule has 1 atom stereocenters. The van der Waals surface area contributed by atoms with Crippen LogP contribution in [-0.2, 0) is 6.54 Å². The molecule has 6 nitrogen and oxygen atoms in total. The van der Waals surface area contributed by atoms with E-state index >= 15 is 0 Å². The van der Waals surface area contributed by atoms with Crippen molar-refractivity contribution < 1.29 is 27.8 Å². The van der Waals surface area contributed by atoms with E-state index in [0.29, 0.717) is 11.5 Å². The molecule has 9 heteroatoms. The number of aliphatic hydroxyl groups excluding tert-OH is 1. The number of ether oxygens (including phenoxy) is 1. The lowest BCUT2D eigenvalue weighted by Crippen LogP contribution is -2.59. The number of hydrogen-bond donors (Lipinski definition) is 3. The van der Waals surface area contributed by atoms with Crippen molar-refractivity contribution in [3.05, 3.63) is 23.9 Å². The topological polar surface area (TPSA) is 83.5 Å². The molecule has 0 saturated heterocycles. The molecule has 2 fully saturated rings. The number of fused-ring (bicyclic) bond motifs is 1. The number of carbonyl (C=O) groups is 1. The van der Waals surface area contributed by atoms with Gasteiger partial charge < -0.3 is 20.5 Å². The molecule has 0 aromatic carbocycles. The summed E-state index contributed by atoms with van der Waals surface area (Å²) < 4.78 is 41.0. The quantitative estimate of drug-likeness (QED) is 0.685. The smallest absolute Gasteiger partial charge is 0.422 e. The highest BCUT2D eigenvalue weighted by atomic mass is 19.4. The lowest BCUT2D eigenvalue weighted by Gasteiger charge is -2.61. The van der Waals surface area contributed by atoms with Crippen LogP contribution in [0.1, 0.15) is 31.2 Å². The molecule has 26 heavy (non-hydrogen) atoms. The van der Waals surface area contributed by atoms with Crippen molar-refractivity contribution in [2.24, 2.45) is 11.3 Å². The van der Waals surface area contributed by atoms with Crippen molar-refractivity contribution in [3.8, 4) is 5.88 Å². The molecular formula is C17H22F3N3O3. The summed E-state index contributed by atoms with van der Waals surface area (Å²) in [6.07, 6.45) is 0.685. The second-order valence-electron chi connectivity index (χ2n) is 6.99. The van der Waals surface area contributed by atoms with Crippen LogP contribution in [0.15, 0.2) is 18.3 Å². The molecular weight excluding hydrogens is 351 g/mol. The van der Waals surface area contributed by atoms with E-state index in [0.717, 1.165) is 25.7 Å². The number of nitrogens with zero attached hydrogens (tertiary/aromatic N) is 1. The molecule has 144 valence electrons. The van der Waals surface area contributed by atoms with Crippen molar-refractivity contribution in [3.63, 3.8) is 0 Å². The second kappa shape index (κ2) is 7.30. The van der Waals surface area contributed by atoms with Gasteiger partial charge in [-0.05, 0) is 43.2 Å². The van der Waals surface area contributed by atoms with Crippen LogP contribution in [0.4, 0.5) is 18.0 Å². The summed E-state index contributed by atoms with van der Waals surface area (Å²) in [7, 11) is 0. The average Bonchev–Trinajstić information content (AvgIpc) is 2.58. The van der Waals surface area contributed by atoms with E-state index in [-0.39, 0.29) is 24.4 Å². The normalized spacial score (nSPS) is 25.3. The van der Waals surface area contributed by atoms with E-state index < -0.39 is 24.9 Å². The number of amides is 2. The van der Waals surface area contributed by atoms with Crippen LogP contribution in [0, 0.1) is 11.3 Å². The van der Waals surface area contributed by atoms with Gasteiger partial charge in [0, 0.05) is 30.8 Å². The van der Waals surface area contributed by atoms with Crippen LogP contribution in [0.25, 0.3) is 0 Å². The summed E-state index contributed by atoms with van der Waals surface area (Å²) in [6, 6.07) is 2.47. The first-order chi connectivity index (χ1) is 12.3. The number of pyridine rings is 1. The predicted molar refractivity (Wildman–Crippen MR) is 86.4 cm³/mol. The van der Waals surface area contributed by atoms with Crippen molar-refractivity contribution >= 4 is 6.03 Å². The van der Waals surface area contributed by atoms with Gasteiger partial charge in [0.05, 0.1) is 6.10 Å². The summed E-state index contributed by atoms with van der Waals surface area (Å²) in [5.74, 6) is 0.437. The van der Waals surface area contributed by atoms with Gasteiger partial charge in [-0.2, -0.15) is 13.2 Å². The zero-order valence-electron chi connectivity index (χ0n) is 14.2. The molecule has 1 heterocycles. The minimum Gasteiger partial charge on any atom is -0.468 e. The van der Waals surface area contributed by atoms with Gasteiger partial charge in [0.1, 0.15) is 0 Å². The van der Waals surface area contributed by atoms with Gasteiger partial charge in [-0.15, -0.1) is 0 Å². The van der Waals surface area contributed by atoms with Crippen LogP contribution < -0.4 is 15.4 Å². The highest BCUT2D eigenvalue weighted by Gasteiger charge is 2.57. The Hall–Kier alpha value is -2.03. The molecule has 1 aromatic heterocycles. The molecule has 2 aliphatic carbocycles. The molecule has 0 bridgehead atoms. The number of nitrogens with one attached hydrogen (secondary N) is 2. The average molecular weight is 373 g/mol. The zero-order chi connectivity index (χ0) is 18.8. The summed E-state index contributed by atoms with van der Waals surface area (Å²) in [5.41, 5.74) is 0.563. The fourth-order valence-electron chi connectivity index (χ4n) is 3.75. The fourth-order valence-corrected chi connectivity index (χ4v) is 3.75. The summed E-state index contributed by atoms with van der Waals surface area (Å²) >= 11 is 0. The summed E-state index contributed by atoms with van der Waals surface area (Å²) in [5, 5.41) is 15.5. The Morgan fingerprint density at radius 3 is 2.69 bits per heavy atom. The number of hydrogen-bond acceptors (Lipinski definition) is 4. The first kappa shape index (κ1) is 18.8. The molecule has 0 spiro atoms. The molecule has 0 radical (unpaired) electrons. The van der Waals surface area contributed by atoms with Crippen molar-refractivity contribution in [2.75, 3.05) is 13.2 Å². The largest absolute Gasteiger partial charge is 0.468 e. The molecule has 1 unspecified atom stereocenters. The van der Waals surface area contributed by atoms with Gasteiger partial charge in [0.2, 0.25) is 5.88 Å². The Labute approximate surface area is 149 Å². The maximum Gasteiger partial charge on any atom is 0.422 e. The van der Waals surface area contributed by atoms with Crippen molar-refractivity contribution in [1.82, 2.24) is 15.6 Å². The maximum atomic E-state index is 12.1. The van der Waals surface area contributed by atoms with Crippen molar-refractivity contribution in [2.45, 2.75) is 44.5 Å². The van der Waals surface area contributed by atoms with Gasteiger partial charge in [0.15, 0.2) is 6.61 Å². The highest BCUT2D eigenvalue weighted by molar-refractivity contribution is 5.73. The van der Waals surface area contributed by atoms with Crippen molar-refractivity contribution in [1.29, 1.82) is 0 Å². The molecule has 2 aliphatic rings. The minimum absolute atomic E-state index is 0.00308. The first-order valence-electron chi connectivity index (χ1n) is 8.63. The third-order valence-corrected chi connectivity index (χ3v) is 5.49. The van der Waals surface area contributed by atoms with E-state index in [4.69, 9.17) is 0 Å². The third kappa shape index (κ3) is 4.20. The predicted octanol–water partition coefficient (Wildman–Crippen LogP) is 2.37. The lowest BCUT2D eigenvalue weighted by atomic mass is 9.45. The van der Waals surface area contributed by atoms with E-state index in [1.54, 1.807) is 6.07 Å². The molecule has 3 N–H and O–H groups in total. The number of halogens is 3. The van der Waals surface area contributed by atoms with E-state index in [1.807, 2.05) is 0 Å². The van der Waals surface area contributed by atoms with Crippen LogP contribution in [0.5, 0.6) is 5.88 Å². The Kier molecular flexibility index (Phi) is 5.27. The Morgan fingerprint density at radius 2 is 2.12 bits per heavy atom. The van der Waals surface area contributed by atoms with Crippen LogP contribution >= 0.6 is 0 Å². The molecule has 3 rings (SSSR count). The van der Waals surface area contributed by atoms with Gasteiger partial charge in [-0.3, -0.25) is 0 Å². The van der Waals surface area contributed by atoms with E-state index in [2.05, 4.69) is 20.4 Å². The first-order valence-corrected chi connectivity index (χ1v) is 8.63. The lowest BCUT2D eigenvalue weighted by molar-refractivity contribution is -0.156. The number of rotatable bonds is 7. The monoisotopic (exact) mass is 373 g/mol. The van der Waals surface area contributed by atoms with Gasteiger partial charge in [-0.25, -0.2) is 9.78 Å². The van der Waals surface area contributed by atoms with Gasteiger partial charge in [0.25, 0.3) is 0 Å². The van der Waals surface area contributed by atoms with Crippen LogP contribution in [0.3, 0.4) is 0 Å². The summed E-state index contributed by atoms with van der Waals surface area (Å²) in [6.45, 7) is -1.11. The van der Waals surface area contributed by atoms with E-state index in [9.17, 15) is 23.1 Å². The molecule has 0 aliphatic heterocycles. The Balaban J connectivity index is 1.40. The van der Waals surface area contributed by atoms with Crippen LogP contribution in [-0.4, -0.2) is 41.6 Å². The van der Waals surface area contributed by atoms with Gasteiger partial charge >= 0.3 is 12.2 Å². The highest BCUT2D eigenvalue weighted by Crippen LogP contribution is 2.62. The van der Waals surface area contributed by atoms with Crippen LogP contribution in [0.2, 0.25) is 0 Å². The summed E-state index contributed by atoms with van der Waals surface area (Å²) in [4.78, 5) is 15.6.